The van der Waals surface area contributed by atoms with E-state index in [1.165, 1.54) is 0 Å². The Morgan fingerprint density at radius 1 is 1.06 bits per heavy atom. The fraction of sp³-hybridized carbons (Fsp3) is 0.481. The number of nitrogens with zero attached hydrogens (tertiary/aromatic N) is 3. The first-order valence-electron chi connectivity index (χ1n) is 12.2. The highest BCUT2D eigenvalue weighted by atomic mass is 16.7. The Kier molecular flexibility index (Phi) is 5.42. The molecule has 1 aromatic heterocycles. The van der Waals surface area contributed by atoms with Crippen LogP contribution in [0.15, 0.2) is 42.5 Å². The van der Waals surface area contributed by atoms with Gasteiger partial charge in [0, 0.05) is 37.4 Å². The number of hydrogen-bond donors (Lipinski definition) is 1. The topological polar surface area (TPSA) is 75.1 Å². The maximum Gasteiger partial charge on any atom is 0.288 e. The van der Waals surface area contributed by atoms with Gasteiger partial charge in [0.25, 0.3) is 11.7 Å². The van der Waals surface area contributed by atoms with E-state index in [2.05, 4.69) is 28.9 Å². The number of ether oxygens (including phenoxy) is 2. The number of hydrogen-bond acceptors (Lipinski definition) is 6. The van der Waals surface area contributed by atoms with Crippen molar-refractivity contribution in [2.24, 2.45) is 5.92 Å². The molecule has 1 atom stereocenters. The van der Waals surface area contributed by atoms with Crippen LogP contribution in [0.2, 0.25) is 0 Å². The monoisotopic (exact) mass is 459 g/mol. The van der Waals surface area contributed by atoms with E-state index in [0.717, 1.165) is 42.8 Å². The van der Waals surface area contributed by atoms with Crippen molar-refractivity contribution in [2.45, 2.75) is 37.1 Å². The Morgan fingerprint density at radius 3 is 2.53 bits per heavy atom. The van der Waals surface area contributed by atoms with Crippen LogP contribution >= 0.6 is 0 Å². The largest absolute Gasteiger partial charge is 0.376 e. The minimum Gasteiger partial charge on any atom is -0.376 e. The summed E-state index contributed by atoms with van der Waals surface area (Å²) in [6.45, 7) is 4.06. The number of carbonyl (C=O) groups excluding carboxylic acids is 1. The van der Waals surface area contributed by atoms with E-state index in [9.17, 15) is 9.90 Å². The number of rotatable bonds is 3. The number of carbonyl (C=O) groups is 1. The van der Waals surface area contributed by atoms with Crippen LogP contribution in [0.25, 0.3) is 0 Å². The van der Waals surface area contributed by atoms with E-state index < -0.39 is 11.4 Å². The molecule has 7 nitrogen and oxygen atoms in total. The quantitative estimate of drug-likeness (QED) is 0.708. The fourth-order valence-electron chi connectivity index (χ4n) is 5.65. The minimum absolute atomic E-state index is 0.191. The van der Waals surface area contributed by atoms with Crippen molar-refractivity contribution in [3.05, 3.63) is 59.3 Å². The van der Waals surface area contributed by atoms with Gasteiger partial charge in [-0.2, -0.15) is 0 Å². The number of fused-ring (bicyclic) bond motifs is 3. The maximum absolute atomic E-state index is 13.1. The number of amides is 1. The first-order valence-corrected chi connectivity index (χ1v) is 12.2. The number of aliphatic hydroxyl groups is 1. The molecule has 0 radical (unpaired) electrons. The van der Waals surface area contributed by atoms with Crippen molar-refractivity contribution in [1.29, 1.82) is 0 Å². The van der Waals surface area contributed by atoms with Gasteiger partial charge in [-0.25, -0.2) is 4.98 Å². The maximum atomic E-state index is 13.1. The molecule has 0 unspecified atom stereocenters. The van der Waals surface area contributed by atoms with Crippen LogP contribution in [0.3, 0.4) is 0 Å². The predicted molar refractivity (Wildman–Crippen MR) is 126 cm³/mol. The summed E-state index contributed by atoms with van der Waals surface area (Å²) in [6.07, 6.45) is 3.06. The summed E-state index contributed by atoms with van der Waals surface area (Å²) in [5.74, 6) is 5.94. The molecule has 6 heterocycles. The van der Waals surface area contributed by atoms with Crippen LogP contribution in [-0.4, -0.2) is 71.7 Å². The molecule has 5 aliphatic heterocycles. The highest BCUT2D eigenvalue weighted by molar-refractivity contribution is 6.00. The van der Waals surface area contributed by atoms with E-state index in [0.29, 0.717) is 45.0 Å². The average Bonchev–Trinajstić information content (AvgIpc) is 3.47. The summed E-state index contributed by atoms with van der Waals surface area (Å²) in [6, 6.07) is 13.9. The lowest BCUT2D eigenvalue weighted by Crippen LogP contribution is -2.58. The van der Waals surface area contributed by atoms with E-state index >= 15 is 0 Å². The molecule has 2 bridgehead atoms. The number of anilines is 1. The van der Waals surface area contributed by atoms with Crippen molar-refractivity contribution in [3.63, 3.8) is 0 Å². The molecule has 1 N–H and O–H groups in total. The van der Waals surface area contributed by atoms with Crippen molar-refractivity contribution >= 4 is 11.7 Å². The van der Waals surface area contributed by atoms with Crippen molar-refractivity contribution in [2.75, 3.05) is 44.3 Å². The number of aromatic nitrogens is 1. The molecule has 0 aliphatic carbocycles. The van der Waals surface area contributed by atoms with Gasteiger partial charge in [-0.1, -0.05) is 42.2 Å². The second-order valence-electron chi connectivity index (χ2n) is 9.71. The number of piperidine rings is 3. The molecule has 1 amide bonds. The Balaban J connectivity index is 1.33. The molecule has 176 valence electrons. The third-order valence-corrected chi connectivity index (χ3v) is 7.58. The predicted octanol–water partition coefficient (Wildman–Crippen LogP) is 1.96. The van der Waals surface area contributed by atoms with Gasteiger partial charge in [0.05, 0.1) is 18.9 Å². The molecule has 7 rings (SSSR count). The molecule has 5 aliphatic rings. The van der Waals surface area contributed by atoms with Crippen LogP contribution in [0.5, 0.6) is 0 Å². The first kappa shape index (κ1) is 21.8. The number of pyridine rings is 1. The normalized spacial score (nSPS) is 29.4. The van der Waals surface area contributed by atoms with Crippen molar-refractivity contribution < 1.29 is 19.4 Å². The second kappa shape index (κ2) is 8.47. The third kappa shape index (κ3) is 3.81. The number of benzene rings is 1. The first-order chi connectivity index (χ1) is 16.5. The van der Waals surface area contributed by atoms with Gasteiger partial charge >= 0.3 is 0 Å². The van der Waals surface area contributed by atoms with Gasteiger partial charge in [-0.3, -0.25) is 14.6 Å². The smallest absolute Gasteiger partial charge is 0.288 e. The summed E-state index contributed by atoms with van der Waals surface area (Å²) in [7, 11) is 0. The molecular weight excluding hydrogens is 430 g/mol. The lowest BCUT2D eigenvalue weighted by Gasteiger charge is -2.47. The Labute approximate surface area is 199 Å². The Morgan fingerprint density at radius 2 is 1.82 bits per heavy atom. The van der Waals surface area contributed by atoms with Gasteiger partial charge in [0.2, 0.25) is 0 Å². The second-order valence-corrected chi connectivity index (χ2v) is 9.71. The van der Waals surface area contributed by atoms with E-state index in [1.807, 2.05) is 30.3 Å². The molecule has 34 heavy (non-hydrogen) atoms. The van der Waals surface area contributed by atoms with Crippen LogP contribution in [0.4, 0.5) is 5.82 Å². The molecular formula is C27H29N3O4. The van der Waals surface area contributed by atoms with E-state index in [-0.39, 0.29) is 11.8 Å². The van der Waals surface area contributed by atoms with Crippen LogP contribution in [-0.2, 0) is 20.7 Å². The molecule has 7 heteroatoms. The van der Waals surface area contributed by atoms with Gasteiger partial charge in [-0.15, -0.1) is 0 Å². The summed E-state index contributed by atoms with van der Waals surface area (Å²) >= 11 is 0. The summed E-state index contributed by atoms with van der Waals surface area (Å²) < 4.78 is 11.3. The van der Waals surface area contributed by atoms with Crippen molar-refractivity contribution in [3.8, 4) is 11.8 Å². The highest BCUT2D eigenvalue weighted by Crippen LogP contribution is 2.36. The van der Waals surface area contributed by atoms with Crippen molar-refractivity contribution in [1.82, 2.24) is 9.88 Å². The van der Waals surface area contributed by atoms with Gasteiger partial charge in [-0.05, 0) is 43.6 Å². The van der Waals surface area contributed by atoms with E-state index in [1.54, 1.807) is 4.90 Å². The lowest BCUT2D eigenvalue weighted by atomic mass is 9.75. The SMILES string of the molecule is O=C1N(c2ccc(C#C[C@@]3(O)CN4CCC3CC4)c(Cc3ccccc3)n2)CCC12OCCO2. The summed E-state index contributed by atoms with van der Waals surface area (Å²) in [5, 5.41) is 11.3. The minimum atomic E-state index is -1.15. The van der Waals surface area contributed by atoms with Crippen LogP contribution in [0.1, 0.15) is 36.1 Å². The Bertz CT molecular complexity index is 1140. The summed E-state index contributed by atoms with van der Waals surface area (Å²) in [4.78, 5) is 21.9. The van der Waals surface area contributed by atoms with Gasteiger partial charge < -0.3 is 14.6 Å². The standard InChI is InChI=1S/C27H29N3O4/c31-25-27(33-16-17-34-27)12-15-30(25)24-7-6-21(23(28-24)18-20-4-2-1-3-5-20)8-11-26(32)19-29-13-9-22(26)10-14-29/h1-7,22,32H,9-10,12-19H2/t26-/m1/s1. The molecule has 0 saturated carbocycles. The zero-order valence-corrected chi connectivity index (χ0v) is 19.2. The van der Waals surface area contributed by atoms with Gasteiger partial charge in [0.1, 0.15) is 11.4 Å². The average molecular weight is 460 g/mol. The zero-order chi connectivity index (χ0) is 23.2. The molecule has 1 spiro atoms. The highest BCUT2D eigenvalue weighted by Gasteiger charge is 2.52. The zero-order valence-electron chi connectivity index (χ0n) is 19.2. The summed E-state index contributed by atoms with van der Waals surface area (Å²) in [5.41, 5.74) is 1.71. The lowest BCUT2D eigenvalue weighted by molar-refractivity contribution is -0.173. The molecule has 5 saturated heterocycles. The van der Waals surface area contributed by atoms with Crippen LogP contribution in [0, 0.1) is 17.8 Å². The third-order valence-electron chi connectivity index (χ3n) is 7.58. The van der Waals surface area contributed by atoms with Gasteiger partial charge in [0.15, 0.2) is 0 Å². The molecule has 2 aromatic rings. The fourth-order valence-corrected chi connectivity index (χ4v) is 5.65. The van der Waals surface area contributed by atoms with Crippen LogP contribution < -0.4 is 4.90 Å². The molecule has 5 fully saturated rings. The van der Waals surface area contributed by atoms with E-state index in [4.69, 9.17) is 14.5 Å². The molecule has 1 aromatic carbocycles. The Hall–Kier alpha value is -2.76.